The smallest absolute Gasteiger partial charge is 0.0943 e. The van der Waals surface area contributed by atoms with E-state index in [9.17, 15) is 0 Å². The Morgan fingerprint density at radius 2 is 2.33 bits per heavy atom. The molecule has 4 heteroatoms. The molecule has 0 atom stereocenters. The fourth-order valence-electron chi connectivity index (χ4n) is 1.04. The van der Waals surface area contributed by atoms with Crippen LogP contribution in [0.4, 0.5) is 0 Å². The van der Waals surface area contributed by atoms with Crippen molar-refractivity contribution in [2.24, 2.45) is 4.99 Å². The first-order valence-electron chi connectivity index (χ1n) is 4.96. The van der Waals surface area contributed by atoms with Gasteiger partial charge in [-0.1, -0.05) is 34.6 Å². The zero-order valence-electron chi connectivity index (χ0n) is 9.07. The van der Waals surface area contributed by atoms with Gasteiger partial charge in [-0.25, -0.2) is 0 Å². The molecule has 0 amide bonds. The Morgan fingerprint density at radius 3 is 2.80 bits per heavy atom. The van der Waals surface area contributed by atoms with Crippen molar-refractivity contribution < 1.29 is 4.74 Å². The van der Waals surface area contributed by atoms with Crippen LogP contribution in [0, 0.1) is 0 Å². The first kappa shape index (κ1) is 12.7. The minimum absolute atomic E-state index is 0.651. The summed E-state index contributed by atoms with van der Waals surface area (Å²) in [5.74, 6) is 0.725. The van der Waals surface area contributed by atoms with Crippen molar-refractivity contribution in [3.8, 4) is 0 Å². The van der Waals surface area contributed by atoms with Crippen LogP contribution in [0.5, 0.6) is 0 Å². The highest BCUT2D eigenvalue weighted by molar-refractivity contribution is 8.78. The average molecular weight is 243 g/mol. The van der Waals surface area contributed by atoms with Crippen LogP contribution in [0.2, 0.25) is 0 Å². The van der Waals surface area contributed by atoms with Crippen molar-refractivity contribution in [3.63, 3.8) is 0 Å². The minimum Gasteiger partial charge on any atom is -0.501 e. The fourth-order valence-corrected chi connectivity index (χ4v) is 3.59. The highest BCUT2D eigenvalue weighted by Gasteiger charge is 2.17. The third-order valence-corrected chi connectivity index (χ3v) is 4.96. The molecule has 0 N–H and O–H groups in total. The number of nitrogens with zero attached hydrogens (tertiary/aromatic N) is 1. The van der Waals surface area contributed by atoms with Gasteiger partial charge in [-0.3, -0.25) is 4.99 Å². The van der Waals surface area contributed by atoms with Gasteiger partial charge < -0.3 is 4.74 Å². The van der Waals surface area contributed by atoms with Crippen LogP contribution in [0.1, 0.15) is 25.7 Å². The van der Waals surface area contributed by atoms with Crippen LogP contribution in [0.25, 0.3) is 0 Å². The molecule has 84 valence electrons. The largest absolute Gasteiger partial charge is 0.501 e. The molecule has 2 nitrogen and oxygen atoms in total. The summed E-state index contributed by atoms with van der Waals surface area (Å²) in [5, 5.41) is 2.88. The number of methoxy groups -OCH3 is 1. The predicted octanol–water partition coefficient (Wildman–Crippen LogP) is 4.01. The fraction of sp³-hybridized carbons (Fsp3) is 0.545. The molecule has 1 aliphatic carbocycles. The van der Waals surface area contributed by atoms with Gasteiger partial charge in [-0.15, -0.1) is 0 Å². The molecule has 1 aliphatic rings. The van der Waals surface area contributed by atoms with Crippen molar-refractivity contribution in [2.45, 2.75) is 30.9 Å². The maximum atomic E-state index is 5.00. The minimum atomic E-state index is 0.651. The summed E-state index contributed by atoms with van der Waals surface area (Å²) in [6.07, 6.45) is 4.74. The number of ether oxygens (including phenoxy) is 1. The third-order valence-electron chi connectivity index (χ3n) is 2.30. The van der Waals surface area contributed by atoms with Gasteiger partial charge in [0.15, 0.2) is 0 Å². The normalized spacial score (nSPS) is 17.0. The summed E-state index contributed by atoms with van der Waals surface area (Å²) >= 11 is 0. The highest BCUT2D eigenvalue weighted by atomic mass is 33.1. The van der Waals surface area contributed by atoms with Gasteiger partial charge in [0.25, 0.3) is 0 Å². The summed E-state index contributed by atoms with van der Waals surface area (Å²) < 4.78 is 5.00. The molecule has 0 aromatic carbocycles. The maximum absolute atomic E-state index is 5.00. The van der Waals surface area contributed by atoms with Crippen LogP contribution < -0.4 is 0 Å². The number of aliphatic imine (C=N–C) groups is 1. The van der Waals surface area contributed by atoms with Gasteiger partial charge in [0.05, 0.1) is 18.6 Å². The third kappa shape index (κ3) is 4.80. The van der Waals surface area contributed by atoms with E-state index in [1.54, 1.807) is 17.9 Å². The van der Waals surface area contributed by atoms with Crippen LogP contribution in [0.15, 0.2) is 28.4 Å². The van der Waals surface area contributed by atoms with Crippen molar-refractivity contribution >= 4 is 28.3 Å². The lowest BCUT2D eigenvalue weighted by Crippen LogP contribution is -2.11. The van der Waals surface area contributed by atoms with Crippen LogP contribution in [0.3, 0.4) is 0 Å². The molecule has 0 aromatic rings. The summed E-state index contributed by atoms with van der Waals surface area (Å²) in [7, 11) is 5.29. The zero-order chi connectivity index (χ0) is 11.1. The Hall–Kier alpha value is -0.350. The molecule has 0 aromatic heterocycles. The molecule has 0 radical (unpaired) electrons. The topological polar surface area (TPSA) is 21.6 Å². The Morgan fingerprint density at radius 1 is 1.60 bits per heavy atom. The van der Waals surface area contributed by atoms with E-state index in [0.717, 1.165) is 16.7 Å². The molecule has 1 fully saturated rings. The van der Waals surface area contributed by atoms with E-state index in [4.69, 9.17) is 4.74 Å². The van der Waals surface area contributed by atoms with Crippen LogP contribution in [-0.2, 0) is 4.74 Å². The average Bonchev–Trinajstić information content (AvgIpc) is 2.19. The molecule has 0 bridgehead atoms. The second-order valence-corrected chi connectivity index (χ2v) is 5.87. The van der Waals surface area contributed by atoms with Crippen molar-refractivity contribution in [2.75, 3.05) is 7.11 Å². The highest BCUT2D eigenvalue weighted by Crippen LogP contribution is 2.40. The van der Waals surface area contributed by atoms with Crippen molar-refractivity contribution in [3.05, 3.63) is 23.4 Å². The van der Waals surface area contributed by atoms with Gasteiger partial charge >= 0.3 is 0 Å². The number of rotatable bonds is 7. The Labute approximate surface area is 99.7 Å². The molecule has 0 aliphatic heterocycles. The molecule has 15 heavy (non-hydrogen) atoms. The Balaban J connectivity index is 2.25. The van der Waals surface area contributed by atoms with E-state index in [-0.39, 0.29) is 0 Å². The molecule has 0 saturated heterocycles. The Kier molecular flexibility index (Phi) is 5.95. The predicted molar refractivity (Wildman–Crippen MR) is 71.2 cm³/mol. The lowest BCUT2D eigenvalue weighted by atomic mass is 10.0. The summed E-state index contributed by atoms with van der Waals surface area (Å²) in [4.78, 5) is 3.95. The molecule has 0 unspecified atom stereocenters. The van der Waals surface area contributed by atoms with E-state index in [1.165, 1.54) is 19.3 Å². The monoisotopic (exact) mass is 243 g/mol. The molecule has 1 saturated carbocycles. The second kappa shape index (κ2) is 7.01. The van der Waals surface area contributed by atoms with Gasteiger partial charge in [-0.05, 0) is 19.6 Å². The Bertz CT molecular complexity index is 259. The first-order valence-corrected chi connectivity index (χ1v) is 7.23. The number of hydrogen-bond acceptors (Lipinski definition) is 4. The first-order chi connectivity index (χ1) is 7.26. The summed E-state index contributed by atoms with van der Waals surface area (Å²) in [6, 6.07) is 0. The SMILES string of the molecule is C=N/C(=C\SSC1CCC1)CC(=C)OC. The molecule has 0 spiro atoms. The van der Waals surface area contributed by atoms with E-state index in [0.29, 0.717) is 6.42 Å². The van der Waals surface area contributed by atoms with E-state index in [2.05, 4.69) is 18.3 Å². The lowest BCUT2D eigenvalue weighted by molar-refractivity contribution is 0.285. The molecule has 1 rings (SSSR count). The van der Waals surface area contributed by atoms with Gasteiger partial charge in [-0.2, -0.15) is 0 Å². The molecular formula is C11H17NOS2. The summed E-state index contributed by atoms with van der Waals surface area (Å²) in [5.41, 5.74) is 0.929. The number of hydrogen-bond donors (Lipinski definition) is 0. The standard InChI is InChI=1S/C11H17NOS2/c1-9(13-3)7-10(12-2)8-14-15-11-5-4-6-11/h8,11H,1-2,4-7H2,3H3/b10-8-. The van der Waals surface area contributed by atoms with Gasteiger partial charge in [0, 0.05) is 17.1 Å². The van der Waals surface area contributed by atoms with Crippen LogP contribution >= 0.6 is 21.6 Å². The van der Waals surface area contributed by atoms with Crippen molar-refractivity contribution in [1.29, 1.82) is 0 Å². The lowest BCUT2D eigenvalue weighted by Gasteiger charge is -2.22. The second-order valence-electron chi connectivity index (χ2n) is 3.43. The maximum Gasteiger partial charge on any atom is 0.0943 e. The van der Waals surface area contributed by atoms with E-state index in [1.807, 2.05) is 16.2 Å². The van der Waals surface area contributed by atoms with Gasteiger partial charge in [0.1, 0.15) is 0 Å². The quantitative estimate of drug-likeness (QED) is 0.383. The molecular weight excluding hydrogens is 226 g/mol. The van der Waals surface area contributed by atoms with E-state index < -0.39 is 0 Å². The van der Waals surface area contributed by atoms with Crippen LogP contribution in [-0.4, -0.2) is 19.1 Å². The summed E-state index contributed by atoms with van der Waals surface area (Å²) in [6.45, 7) is 7.31. The van der Waals surface area contributed by atoms with E-state index >= 15 is 0 Å². The van der Waals surface area contributed by atoms with Crippen molar-refractivity contribution in [1.82, 2.24) is 0 Å². The molecule has 0 heterocycles. The zero-order valence-corrected chi connectivity index (χ0v) is 10.7. The van der Waals surface area contributed by atoms with Gasteiger partial charge in [0.2, 0.25) is 0 Å².